The van der Waals surface area contributed by atoms with Gasteiger partial charge in [-0.1, -0.05) is 6.07 Å². The number of phenolic OH excluding ortho intramolecular Hbond substituents is 1. The molecule has 1 fully saturated rings. The smallest absolute Gasteiger partial charge is 0.175 e. The predicted molar refractivity (Wildman–Crippen MR) is 59.1 cm³/mol. The lowest BCUT2D eigenvalue weighted by Crippen LogP contribution is -2.11. The number of aromatic hydroxyl groups is 1. The highest BCUT2D eigenvalue weighted by atomic mass is 32.2. The monoisotopic (exact) mass is 242 g/mol. The van der Waals surface area contributed by atoms with Crippen molar-refractivity contribution < 1.29 is 18.6 Å². The standard InChI is InChI=1S/C11H14O4S/c1-16(14,15)9-3-2-8(10(12)6-9)7-11(13)4-5-11/h2-3,6,12-13H,4-5,7H2,1H3. The summed E-state index contributed by atoms with van der Waals surface area (Å²) in [4.78, 5) is 0.0940. The zero-order valence-electron chi connectivity index (χ0n) is 8.97. The Hall–Kier alpha value is -1.07. The van der Waals surface area contributed by atoms with Crippen molar-refractivity contribution in [2.75, 3.05) is 6.26 Å². The molecule has 1 aliphatic rings. The van der Waals surface area contributed by atoms with Crippen molar-refractivity contribution in [2.24, 2.45) is 0 Å². The molecule has 0 spiro atoms. The first-order valence-electron chi connectivity index (χ1n) is 5.05. The number of hydrogen-bond acceptors (Lipinski definition) is 4. The van der Waals surface area contributed by atoms with Crippen LogP contribution in [-0.2, 0) is 16.3 Å². The molecule has 0 aromatic heterocycles. The van der Waals surface area contributed by atoms with Crippen LogP contribution < -0.4 is 0 Å². The minimum atomic E-state index is -3.29. The van der Waals surface area contributed by atoms with E-state index in [4.69, 9.17) is 0 Å². The molecule has 1 aromatic rings. The van der Waals surface area contributed by atoms with E-state index in [1.807, 2.05) is 0 Å². The highest BCUT2D eigenvalue weighted by molar-refractivity contribution is 7.90. The van der Waals surface area contributed by atoms with Gasteiger partial charge in [0.15, 0.2) is 9.84 Å². The van der Waals surface area contributed by atoms with E-state index in [0.29, 0.717) is 12.0 Å². The Morgan fingerprint density at radius 3 is 2.44 bits per heavy atom. The van der Waals surface area contributed by atoms with E-state index < -0.39 is 15.4 Å². The Kier molecular flexibility index (Phi) is 2.47. The molecule has 5 heteroatoms. The Morgan fingerprint density at radius 2 is 2.00 bits per heavy atom. The lowest BCUT2D eigenvalue weighted by atomic mass is 10.1. The predicted octanol–water partition coefficient (Wildman–Crippen LogP) is 0.863. The van der Waals surface area contributed by atoms with Gasteiger partial charge >= 0.3 is 0 Å². The molecule has 0 radical (unpaired) electrons. The summed E-state index contributed by atoms with van der Waals surface area (Å²) in [5.74, 6) is -0.0664. The van der Waals surface area contributed by atoms with Crippen molar-refractivity contribution >= 4 is 9.84 Å². The second-order valence-corrected chi connectivity index (χ2v) is 6.48. The van der Waals surface area contributed by atoms with Crippen LogP contribution in [0.2, 0.25) is 0 Å². The van der Waals surface area contributed by atoms with Crippen LogP contribution in [0.5, 0.6) is 5.75 Å². The fourth-order valence-electron chi connectivity index (χ4n) is 1.60. The number of phenols is 1. The largest absolute Gasteiger partial charge is 0.508 e. The molecular formula is C11H14O4S. The molecule has 0 aliphatic heterocycles. The Bertz CT molecular complexity index is 515. The summed E-state index contributed by atoms with van der Waals surface area (Å²) in [6.45, 7) is 0. The topological polar surface area (TPSA) is 74.6 Å². The highest BCUT2D eigenvalue weighted by Gasteiger charge is 2.40. The maximum absolute atomic E-state index is 11.2. The maximum Gasteiger partial charge on any atom is 0.175 e. The Balaban J connectivity index is 2.30. The Labute approximate surface area is 94.5 Å². The zero-order chi connectivity index (χ0) is 12.0. The molecular weight excluding hydrogens is 228 g/mol. The van der Waals surface area contributed by atoms with Gasteiger partial charge in [0.25, 0.3) is 0 Å². The van der Waals surface area contributed by atoms with Crippen molar-refractivity contribution in [1.29, 1.82) is 0 Å². The van der Waals surface area contributed by atoms with Gasteiger partial charge in [-0.15, -0.1) is 0 Å². The van der Waals surface area contributed by atoms with Crippen molar-refractivity contribution in [1.82, 2.24) is 0 Å². The van der Waals surface area contributed by atoms with Gasteiger partial charge in [0, 0.05) is 12.7 Å². The van der Waals surface area contributed by atoms with Gasteiger partial charge in [0.05, 0.1) is 10.5 Å². The van der Waals surface area contributed by atoms with Crippen LogP contribution in [0, 0.1) is 0 Å². The SMILES string of the molecule is CS(=O)(=O)c1ccc(CC2(O)CC2)c(O)c1. The van der Waals surface area contributed by atoms with Crippen LogP contribution in [0.1, 0.15) is 18.4 Å². The van der Waals surface area contributed by atoms with E-state index in [1.165, 1.54) is 12.1 Å². The van der Waals surface area contributed by atoms with Crippen LogP contribution in [0.4, 0.5) is 0 Å². The molecule has 1 saturated carbocycles. The molecule has 88 valence electrons. The van der Waals surface area contributed by atoms with Gasteiger partial charge in [0.2, 0.25) is 0 Å². The molecule has 2 rings (SSSR count). The average Bonchev–Trinajstić information content (AvgIpc) is 2.86. The molecule has 1 aliphatic carbocycles. The molecule has 2 N–H and O–H groups in total. The van der Waals surface area contributed by atoms with E-state index in [0.717, 1.165) is 19.1 Å². The first-order chi connectivity index (χ1) is 7.30. The molecule has 0 atom stereocenters. The minimum absolute atomic E-state index is 0.0664. The summed E-state index contributed by atoms with van der Waals surface area (Å²) in [6.07, 6.45) is 2.94. The quantitative estimate of drug-likeness (QED) is 0.824. The van der Waals surface area contributed by atoms with Gasteiger partial charge in [-0.25, -0.2) is 8.42 Å². The number of hydrogen-bond donors (Lipinski definition) is 2. The van der Waals surface area contributed by atoms with Crippen molar-refractivity contribution in [2.45, 2.75) is 29.8 Å². The first kappa shape index (κ1) is 11.4. The summed E-state index contributed by atoms with van der Waals surface area (Å²) < 4.78 is 22.5. The fourth-order valence-corrected chi connectivity index (χ4v) is 2.24. The minimum Gasteiger partial charge on any atom is -0.508 e. The second kappa shape index (κ2) is 3.46. The van der Waals surface area contributed by atoms with Crippen LogP contribution in [-0.4, -0.2) is 30.5 Å². The Morgan fingerprint density at radius 1 is 1.38 bits per heavy atom. The maximum atomic E-state index is 11.2. The lowest BCUT2D eigenvalue weighted by Gasteiger charge is -2.10. The van der Waals surface area contributed by atoms with Gasteiger partial charge in [-0.2, -0.15) is 0 Å². The highest BCUT2D eigenvalue weighted by Crippen LogP contribution is 2.40. The summed E-state index contributed by atoms with van der Waals surface area (Å²) in [5, 5.41) is 19.4. The van der Waals surface area contributed by atoms with Gasteiger partial charge < -0.3 is 10.2 Å². The first-order valence-corrected chi connectivity index (χ1v) is 6.94. The van der Waals surface area contributed by atoms with E-state index >= 15 is 0 Å². The van der Waals surface area contributed by atoms with Gasteiger partial charge in [0.1, 0.15) is 5.75 Å². The third-order valence-electron chi connectivity index (χ3n) is 2.83. The normalized spacial score (nSPS) is 18.4. The lowest BCUT2D eigenvalue weighted by molar-refractivity contribution is 0.150. The molecule has 0 heterocycles. The molecule has 16 heavy (non-hydrogen) atoms. The van der Waals surface area contributed by atoms with Crippen LogP contribution in [0.3, 0.4) is 0 Å². The van der Waals surface area contributed by atoms with Crippen LogP contribution in [0.25, 0.3) is 0 Å². The van der Waals surface area contributed by atoms with Crippen molar-refractivity contribution in [3.05, 3.63) is 23.8 Å². The second-order valence-electron chi connectivity index (χ2n) is 4.46. The summed E-state index contributed by atoms with van der Waals surface area (Å²) in [6, 6.07) is 4.24. The molecule has 4 nitrogen and oxygen atoms in total. The van der Waals surface area contributed by atoms with E-state index in [-0.39, 0.29) is 10.6 Å². The van der Waals surface area contributed by atoms with E-state index in [2.05, 4.69) is 0 Å². The fraction of sp³-hybridized carbons (Fsp3) is 0.455. The third kappa shape index (κ3) is 2.36. The number of aliphatic hydroxyl groups is 1. The summed E-state index contributed by atoms with van der Waals surface area (Å²) in [7, 11) is -3.29. The number of sulfone groups is 1. The zero-order valence-corrected chi connectivity index (χ0v) is 9.79. The number of benzene rings is 1. The molecule has 0 saturated heterocycles. The molecule has 1 aromatic carbocycles. The molecule has 0 bridgehead atoms. The van der Waals surface area contributed by atoms with E-state index in [9.17, 15) is 18.6 Å². The van der Waals surface area contributed by atoms with Gasteiger partial charge in [-0.05, 0) is 30.5 Å². The van der Waals surface area contributed by atoms with Gasteiger partial charge in [-0.3, -0.25) is 0 Å². The van der Waals surface area contributed by atoms with Crippen LogP contribution in [0.15, 0.2) is 23.1 Å². The molecule has 0 unspecified atom stereocenters. The van der Waals surface area contributed by atoms with Crippen LogP contribution >= 0.6 is 0 Å². The third-order valence-corrected chi connectivity index (χ3v) is 3.94. The van der Waals surface area contributed by atoms with Crippen molar-refractivity contribution in [3.63, 3.8) is 0 Å². The van der Waals surface area contributed by atoms with E-state index in [1.54, 1.807) is 6.07 Å². The average molecular weight is 242 g/mol. The number of rotatable bonds is 3. The summed E-state index contributed by atoms with van der Waals surface area (Å²) >= 11 is 0. The molecule has 0 amide bonds. The summed E-state index contributed by atoms with van der Waals surface area (Å²) in [5.41, 5.74) is -0.100. The van der Waals surface area contributed by atoms with Crippen molar-refractivity contribution in [3.8, 4) is 5.75 Å².